The molecule has 1 aromatic carbocycles. The molecule has 2 rings (SSSR count). The molecule has 2 aromatic rings. The SMILES string of the molecule is Nc1ccc(CCC(=O)NCc2cnc[nH]2)cc1. The minimum Gasteiger partial charge on any atom is -0.399 e. The third-order valence-corrected chi connectivity index (χ3v) is 2.65. The number of nitrogens with two attached hydrogens (primary N) is 1. The molecule has 1 aromatic heterocycles. The van der Waals surface area contributed by atoms with Gasteiger partial charge in [0.15, 0.2) is 0 Å². The molecule has 0 saturated carbocycles. The van der Waals surface area contributed by atoms with Gasteiger partial charge in [0.1, 0.15) is 0 Å². The number of nitrogens with zero attached hydrogens (tertiary/aromatic N) is 1. The number of aromatic nitrogens is 2. The van der Waals surface area contributed by atoms with E-state index in [2.05, 4.69) is 15.3 Å². The number of aromatic amines is 1. The lowest BCUT2D eigenvalue weighted by molar-refractivity contribution is -0.121. The van der Waals surface area contributed by atoms with Gasteiger partial charge >= 0.3 is 0 Å². The van der Waals surface area contributed by atoms with Crippen molar-refractivity contribution in [3.05, 3.63) is 48.0 Å². The lowest BCUT2D eigenvalue weighted by atomic mass is 10.1. The lowest BCUT2D eigenvalue weighted by Crippen LogP contribution is -2.23. The number of carbonyl (C=O) groups excluding carboxylic acids is 1. The van der Waals surface area contributed by atoms with Crippen molar-refractivity contribution >= 4 is 11.6 Å². The normalized spacial score (nSPS) is 10.2. The molecular weight excluding hydrogens is 228 g/mol. The van der Waals surface area contributed by atoms with Crippen LogP contribution in [0.4, 0.5) is 5.69 Å². The summed E-state index contributed by atoms with van der Waals surface area (Å²) in [7, 11) is 0. The number of benzene rings is 1. The summed E-state index contributed by atoms with van der Waals surface area (Å²) in [5, 5.41) is 2.83. The summed E-state index contributed by atoms with van der Waals surface area (Å²) in [5.41, 5.74) is 8.35. The Bertz CT molecular complexity index is 490. The van der Waals surface area contributed by atoms with Crippen LogP contribution in [0.5, 0.6) is 0 Å². The number of hydrogen-bond donors (Lipinski definition) is 3. The van der Waals surface area contributed by atoms with E-state index < -0.39 is 0 Å². The first-order valence-electron chi connectivity index (χ1n) is 5.82. The lowest BCUT2D eigenvalue weighted by Gasteiger charge is -2.04. The zero-order valence-corrected chi connectivity index (χ0v) is 10.0. The Morgan fingerprint density at radius 3 is 2.78 bits per heavy atom. The fraction of sp³-hybridized carbons (Fsp3) is 0.231. The van der Waals surface area contributed by atoms with Crippen molar-refractivity contribution in [1.29, 1.82) is 0 Å². The number of nitrogen functional groups attached to an aromatic ring is 1. The highest BCUT2D eigenvalue weighted by Crippen LogP contribution is 2.07. The van der Waals surface area contributed by atoms with E-state index in [1.54, 1.807) is 12.5 Å². The zero-order chi connectivity index (χ0) is 12.8. The number of amides is 1. The Balaban J connectivity index is 1.73. The van der Waals surface area contributed by atoms with Gasteiger partial charge in [-0.1, -0.05) is 12.1 Å². The van der Waals surface area contributed by atoms with Crippen molar-refractivity contribution in [1.82, 2.24) is 15.3 Å². The second-order valence-corrected chi connectivity index (χ2v) is 4.10. The summed E-state index contributed by atoms with van der Waals surface area (Å²) in [4.78, 5) is 18.4. The quantitative estimate of drug-likeness (QED) is 0.692. The second-order valence-electron chi connectivity index (χ2n) is 4.10. The van der Waals surface area contributed by atoms with Crippen LogP contribution in [0.25, 0.3) is 0 Å². The first-order valence-corrected chi connectivity index (χ1v) is 5.82. The molecule has 0 saturated heterocycles. The van der Waals surface area contributed by atoms with Gasteiger partial charge < -0.3 is 16.0 Å². The average molecular weight is 244 g/mol. The van der Waals surface area contributed by atoms with Crippen LogP contribution >= 0.6 is 0 Å². The van der Waals surface area contributed by atoms with E-state index in [4.69, 9.17) is 5.73 Å². The predicted octanol–water partition coefficient (Wildman–Crippen LogP) is 1.24. The molecule has 4 N–H and O–H groups in total. The maximum atomic E-state index is 11.6. The molecule has 0 atom stereocenters. The maximum Gasteiger partial charge on any atom is 0.220 e. The fourth-order valence-corrected chi connectivity index (χ4v) is 1.61. The molecule has 0 aliphatic carbocycles. The van der Waals surface area contributed by atoms with Gasteiger partial charge in [0, 0.05) is 18.3 Å². The molecule has 94 valence electrons. The first-order chi connectivity index (χ1) is 8.74. The summed E-state index contributed by atoms with van der Waals surface area (Å²) in [6.45, 7) is 0.487. The van der Waals surface area contributed by atoms with Gasteiger partial charge in [0.05, 0.1) is 18.6 Å². The molecule has 0 bridgehead atoms. The van der Waals surface area contributed by atoms with E-state index in [1.807, 2.05) is 24.3 Å². The average Bonchev–Trinajstić information content (AvgIpc) is 2.89. The van der Waals surface area contributed by atoms with Crippen LogP contribution in [-0.2, 0) is 17.8 Å². The monoisotopic (exact) mass is 244 g/mol. The molecule has 5 heteroatoms. The van der Waals surface area contributed by atoms with Gasteiger partial charge in [-0.15, -0.1) is 0 Å². The minimum absolute atomic E-state index is 0.0291. The molecule has 0 aliphatic rings. The molecule has 1 heterocycles. The summed E-state index contributed by atoms with van der Waals surface area (Å²) in [6, 6.07) is 7.57. The van der Waals surface area contributed by atoms with Gasteiger partial charge in [-0.25, -0.2) is 4.98 Å². The Labute approximate surface area is 105 Å². The van der Waals surface area contributed by atoms with E-state index in [0.29, 0.717) is 13.0 Å². The topological polar surface area (TPSA) is 83.8 Å². The van der Waals surface area contributed by atoms with Crippen LogP contribution in [0.15, 0.2) is 36.8 Å². The second kappa shape index (κ2) is 5.86. The van der Waals surface area contributed by atoms with Crippen molar-refractivity contribution in [2.45, 2.75) is 19.4 Å². The Morgan fingerprint density at radius 1 is 1.33 bits per heavy atom. The number of nitrogens with one attached hydrogen (secondary N) is 2. The predicted molar refractivity (Wildman–Crippen MR) is 69.6 cm³/mol. The molecule has 0 aliphatic heterocycles. The van der Waals surface area contributed by atoms with Crippen molar-refractivity contribution in [3.8, 4) is 0 Å². The minimum atomic E-state index is 0.0291. The number of H-pyrrole nitrogens is 1. The standard InChI is InChI=1S/C13H16N4O/c14-11-4-1-10(2-5-11)3-6-13(18)16-8-12-7-15-9-17-12/h1-2,4-5,7,9H,3,6,8,14H2,(H,15,17)(H,16,18). The Kier molecular flexibility index (Phi) is 3.96. The summed E-state index contributed by atoms with van der Waals surface area (Å²) < 4.78 is 0. The first kappa shape index (κ1) is 12.2. The highest BCUT2D eigenvalue weighted by molar-refractivity contribution is 5.76. The largest absolute Gasteiger partial charge is 0.399 e. The smallest absolute Gasteiger partial charge is 0.220 e. The van der Waals surface area contributed by atoms with Gasteiger partial charge in [-0.3, -0.25) is 4.79 Å². The van der Waals surface area contributed by atoms with E-state index in [0.717, 1.165) is 23.4 Å². The van der Waals surface area contributed by atoms with Crippen molar-refractivity contribution < 1.29 is 4.79 Å². The third-order valence-electron chi connectivity index (χ3n) is 2.65. The van der Waals surface area contributed by atoms with Crippen LogP contribution in [-0.4, -0.2) is 15.9 Å². The number of carbonyl (C=O) groups is 1. The zero-order valence-electron chi connectivity index (χ0n) is 10.0. The highest BCUT2D eigenvalue weighted by Gasteiger charge is 2.02. The van der Waals surface area contributed by atoms with E-state index >= 15 is 0 Å². The molecular formula is C13H16N4O. The summed E-state index contributed by atoms with van der Waals surface area (Å²) in [5.74, 6) is 0.0291. The molecule has 0 fully saturated rings. The fourth-order valence-electron chi connectivity index (χ4n) is 1.61. The number of hydrogen-bond acceptors (Lipinski definition) is 3. The van der Waals surface area contributed by atoms with Crippen molar-refractivity contribution in [2.24, 2.45) is 0 Å². The van der Waals surface area contributed by atoms with E-state index in [-0.39, 0.29) is 5.91 Å². The molecule has 0 unspecified atom stereocenters. The van der Waals surface area contributed by atoms with Gasteiger partial charge in [-0.05, 0) is 24.1 Å². The summed E-state index contributed by atoms with van der Waals surface area (Å²) in [6.07, 6.45) is 4.48. The van der Waals surface area contributed by atoms with Crippen molar-refractivity contribution in [2.75, 3.05) is 5.73 Å². The molecule has 0 spiro atoms. The van der Waals surface area contributed by atoms with Crippen LogP contribution in [0, 0.1) is 0 Å². The van der Waals surface area contributed by atoms with Crippen LogP contribution in [0.1, 0.15) is 17.7 Å². The van der Waals surface area contributed by atoms with Crippen molar-refractivity contribution in [3.63, 3.8) is 0 Å². The van der Waals surface area contributed by atoms with Crippen LogP contribution < -0.4 is 11.1 Å². The number of anilines is 1. The van der Waals surface area contributed by atoms with Gasteiger partial charge in [0.25, 0.3) is 0 Å². The number of imidazole rings is 1. The highest BCUT2D eigenvalue weighted by atomic mass is 16.1. The molecule has 5 nitrogen and oxygen atoms in total. The molecule has 1 amide bonds. The van der Waals surface area contributed by atoms with Gasteiger partial charge in [0.2, 0.25) is 5.91 Å². The van der Waals surface area contributed by atoms with Crippen LogP contribution in [0.2, 0.25) is 0 Å². The van der Waals surface area contributed by atoms with E-state index in [9.17, 15) is 4.79 Å². The molecule has 0 radical (unpaired) electrons. The van der Waals surface area contributed by atoms with Gasteiger partial charge in [-0.2, -0.15) is 0 Å². The maximum absolute atomic E-state index is 11.6. The Hall–Kier alpha value is -2.30. The molecule has 18 heavy (non-hydrogen) atoms. The number of rotatable bonds is 5. The van der Waals surface area contributed by atoms with Crippen LogP contribution in [0.3, 0.4) is 0 Å². The Morgan fingerprint density at radius 2 is 2.11 bits per heavy atom. The third kappa shape index (κ3) is 3.62. The summed E-state index contributed by atoms with van der Waals surface area (Å²) >= 11 is 0. The van der Waals surface area contributed by atoms with E-state index in [1.165, 1.54) is 0 Å². The number of aryl methyl sites for hydroxylation is 1.